The normalized spacial score (nSPS) is 19.2. The van der Waals surface area contributed by atoms with Gasteiger partial charge in [0.1, 0.15) is 6.29 Å². The second-order valence-corrected chi connectivity index (χ2v) is 7.27. The Labute approximate surface area is 173 Å². The van der Waals surface area contributed by atoms with Crippen LogP contribution in [0.25, 0.3) is 0 Å². The minimum Gasteiger partial charge on any atom is -0.480 e. The van der Waals surface area contributed by atoms with Crippen molar-refractivity contribution in [1.82, 2.24) is 14.7 Å². The number of rotatable bonds is 15. The Balaban J connectivity index is 3.03. The van der Waals surface area contributed by atoms with E-state index in [1.54, 1.807) is 4.90 Å². The Kier molecular flexibility index (Phi) is 10.9. The van der Waals surface area contributed by atoms with Gasteiger partial charge in [-0.15, -0.1) is 0 Å². The molecule has 12 nitrogen and oxygen atoms in total. The fourth-order valence-corrected chi connectivity index (χ4v) is 3.92. The molecule has 0 heterocycles. The minimum absolute atomic E-state index is 0.120. The molecular formula is C18H29N3O9. The molecule has 0 radical (unpaired) electrons. The zero-order valence-corrected chi connectivity index (χ0v) is 16.7. The minimum atomic E-state index is -1.18. The van der Waals surface area contributed by atoms with Crippen molar-refractivity contribution in [2.24, 2.45) is 0 Å². The molecule has 0 aromatic carbocycles. The molecule has 0 aliphatic heterocycles. The molecule has 0 spiro atoms. The molecule has 1 fully saturated rings. The van der Waals surface area contributed by atoms with E-state index < -0.39 is 49.1 Å². The maximum Gasteiger partial charge on any atom is 0.317 e. The first-order valence-corrected chi connectivity index (χ1v) is 9.65. The van der Waals surface area contributed by atoms with Crippen LogP contribution >= 0.6 is 0 Å². The first kappa shape index (κ1) is 25.5. The van der Waals surface area contributed by atoms with Crippen molar-refractivity contribution in [3.05, 3.63) is 0 Å². The number of carbonyl (C=O) groups is 5. The van der Waals surface area contributed by atoms with Gasteiger partial charge in [0, 0.05) is 25.2 Å². The van der Waals surface area contributed by atoms with E-state index >= 15 is 0 Å². The summed E-state index contributed by atoms with van der Waals surface area (Å²) in [5.41, 5.74) is 0. The van der Waals surface area contributed by atoms with E-state index in [-0.39, 0.29) is 32.7 Å². The van der Waals surface area contributed by atoms with Gasteiger partial charge in [0.15, 0.2) is 0 Å². The van der Waals surface area contributed by atoms with Crippen LogP contribution in [-0.4, -0.2) is 123 Å². The fourth-order valence-electron chi connectivity index (χ4n) is 3.92. The van der Waals surface area contributed by atoms with E-state index in [2.05, 4.69) is 0 Å². The number of hydrogen-bond acceptors (Lipinski definition) is 8. The third-order valence-corrected chi connectivity index (χ3v) is 5.04. The predicted octanol–water partition coefficient (Wildman–Crippen LogP) is -1.26. The van der Waals surface area contributed by atoms with Gasteiger partial charge in [-0.3, -0.25) is 33.9 Å². The van der Waals surface area contributed by atoms with Gasteiger partial charge >= 0.3 is 23.9 Å². The fraction of sp³-hybridized carbons (Fsp3) is 0.722. The Bertz CT molecular complexity index is 612. The van der Waals surface area contributed by atoms with Crippen LogP contribution in [0.4, 0.5) is 0 Å². The number of carboxylic acid groups (broad SMARTS) is 4. The molecule has 1 aliphatic rings. The SMILES string of the molecule is O=CCN(CCN(CC(=O)O)[C@H]1CCCC[C@@H]1N(CC(=O)O)CC(=O)O)CC(=O)O. The van der Waals surface area contributed by atoms with Crippen LogP contribution in [0.1, 0.15) is 25.7 Å². The summed E-state index contributed by atoms with van der Waals surface area (Å²) in [5.74, 6) is -4.58. The first-order chi connectivity index (χ1) is 14.1. The molecule has 0 bridgehead atoms. The van der Waals surface area contributed by atoms with Crippen molar-refractivity contribution in [2.75, 3.05) is 45.8 Å². The molecule has 4 N–H and O–H groups in total. The number of carboxylic acids is 4. The number of carbonyl (C=O) groups excluding carboxylic acids is 1. The van der Waals surface area contributed by atoms with Gasteiger partial charge in [-0.1, -0.05) is 12.8 Å². The highest BCUT2D eigenvalue weighted by atomic mass is 16.4. The predicted molar refractivity (Wildman–Crippen MR) is 102 cm³/mol. The standard InChI is InChI=1S/C18H29N3O9/c22-8-7-19(9-15(23)24)5-6-20(10-16(25)26)13-3-1-2-4-14(13)21(11-17(27)28)12-18(29)30/h8,13-14H,1-7,9-12H2,(H,23,24)(H,25,26)(H,27,28)(H,29,30)/t13-,14-/m0/s1. The lowest BCUT2D eigenvalue weighted by Crippen LogP contribution is -2.57. The molecule has 0 aromatic rings. The third-order valence-electron chi connectivity index (χ3n) is 5.04. The summed E-state index contributed by atoms with van der Waals surface area (Å²) in [4.78, 5) is 60.0. The molecule has 12 heteroatoms. The van der Waals surface area contributed by atoms with Crippen molar-refractivity contribution in [3.8, 4) is 0 Å². The Morgan fingerprint density at radius 1 is 0.700 bits per heavy atom. The summed E-state index contributed by atoms with van der Waals surface area (Å²) < 4.78 is 0. The van der Waals surface area contributed by atoms with Gasteiger partial charge in [-0.25, -0.2) is 0 Å². The van der Waals surface area contributed by atoms with E-state index in [0.717, 1.165) is 12.8 Å². The van der Waals surface area contributed by atoms with Crippen molar-refractivity contribution < 1.29 is 44.4 Å². The van der Waals surface area contributed by atoms with Crippen LogP contribution < -0.4 is 0 Å². The van der Waals surface area contributed by atoms with Gasteiger partial charge in [-0.05, 0) is 12.8 Å². The molecule has 1 saturated carbocycles. The summed E-state index contributed by atoms with van der Waals surface area (Å²) in [6.45, 7) is -1.56. The smallest absolute Gasteiger partial charge is 0.317 e. The molecule has 30 heavy (non-hydrogen) atoms. The van der Waals surface area contributed by atoms with Crippen LogP contribution in [0.2, 0.25) is 0 Å². The quantitative estimate of drug-likeness (QED) is 0.227. The summed E-state index contributed by atoms with van der Waals surface area (Å²) in [6, 6.07) is -0.874. The molecule has 0 unspecified atom stereocenters. The Morgan fingerprint density at radius 2 is 1.13 bits per heavy atom. The summed E-state index contributed by atoms with van der Waals surface area (Å²) >= 11 is 0. The molecular weight excluding hydrogens is 402 g/mol. The maximum atomic E-state index is 11.4. The summed E-state index contributed by atoms with van der Waals surface area (Å²) in [6.07, 6.45) is 3.18. The molecule has 0 saturated heterocycles. The van der Waals surface area contributed by atoms with E-state index in [4.69, 9.17) is 5.11 Å². The molecule has 170 valence electrons. The monoisotopic (exact) mass is 431 g/mol. The second kappa shape index (κ2) is 12.9. The number of aldehydes is 1. The zero-order valence-electron chi connectivity index (χ0n) is 16.7. The molecule has 0 aromatic heterocycles. The van der Waals surface area contributed by atoms with Crippen molar-refractivity contribution >= 4 is 30.2 Å². The van der Waals surface area contributed by atoms with Crippen molar-refractivity contribution in [2.45, 2.75) is 37.8 Å². The lowest BCUT2D eigenvalue weighted by Gasteiger charge is -2.44. The Hall–Kier alpha value is -2.57. The van der Waals surface area contributed by atoms with Gasteiger partial charge < -0.3 is 25.2 Å². The molecule has 2 atom stereocenters. The van der Waals surface area contributed by atoms with Gasteiger partial charge in [-0.2, -0.15) is 0 Å². The van der Waals surface area contributed by atoms with E-state index in [1.807, 2.05) is 0 Å². The number of nitrogens with zero attached hydrogens (tertiary/aromatic N) is 3. The average Bonchev–Trinajstić information content (AvgIpc) is 2.63. The van der Waals surface area contributed by atoms with Crippen LogP contribution in [-0.2, 0) is 24.0 Å². The maximum absolute atomic E-state index is 11.4. The number of hydrogen-bond donors (Lipinski definition) is 4. The highest BCUT2D eigenvalue weighted by molar-refractivity contribution is 5.73. The second-order valence-electron chi connectivity index (χ2n) is 7.27. The lowest BCUT2D eigenvalue weighted by atomic mass is 9.87. The molecule has 1 aliphatic carbocycles. The van der Waals surface area contributed by atoms with Crippen molar-refractivity contribution in [3.63, 3.8) is 0 Å². The highest BCUT2D eigenvalue weighted by Gasteiger charge is 2.36. The number of aliphatic carboxylic acids is 4. The van der Waals surface area contributed by atoms with Crippen molar-refractivity contribution in [1.29, 1.82) is 0 Å². The van der Waals surface area contributed by atoms with E-state index in [0.29, 0.717) is 19.1 Å². The molecule has 0 amide bonds. The topological polar surface area (TPSA) is 176 Å². The first-order valence-electron chi connectivity index (χ1n) is 9.65. The summed E-state index contributed by atoms with van der Waals surface area (Å²) in [5, 5.41) is 36.7. The van der Waals surface area contributed by atoms with E-state index in [1.165, 1.54) is 9.80 Å². The van der Waals surface area contributed by atoms with Crippen LogP contribution in [0.15, 0.2) is 0 Å². The average molecular weight is 431 g/mol. The highest BCUT2D eigenvalue weighted by Crippen LogP contribution is 2.27. The van der Waals surface area contributed by atoms with Crippen LogP contribution in [0.3, 0.4) is 0 Å². The largest absolute Gasteiger partial charge is 0.480 e. The van der Waals surface area contributed by atoms with Gasteiger partial charge in [0.2, 0.25) is 0 Å². The lowest BCUT2D eigenvalue weighted by molar-refractivity contribution is -0.146. The third kappa shape index (κ3) is 9.29. The van der Waals surface area contributed by atoms with Gasteiger partial charge in [0.25, 0.3) is 0 Å². The van der Waals surface area contributed by atoms with Crippen LogP contribution in [0, 0.1) is 0 Å². The molecule has 1 rings (SSSR count). The van der Waals surface area contributed by atoms with Gasteiger partial charge in [0.05, 0.1) is 32.7 Å². The van der Waals surface area contributed by atoms with Crippen LogP contribution in [0.5, 0.6) is 0 Å². The Morgan fingerprint density at radius 3 is 1.57 bits per heavy atom. The van der Waals surface area contributed by atoms with E-state index in [9.17, 15) is 39.3 Å². The zero-order chi connectivity index (χ0) is 22.7. The summed E-state index contributed by atoms with van der Waals surface area (Å²) in [7, 11) is 0.